The van der Waals surface area contributed by atoms with Crippen LogP contribution in [-0.2, 0) is 7.05 Å². The molecule has 0 amide bonds. The van der Waals surface area contributed by atoms with Crippen molar-refractivity contribution < 1.29 is 0 Å². The van der Waals surface area contributed by atoms with Gasteiger partial charge in [0.15, 0.2) is 0 Å². The molecule has 1 saturated heterocycles. The predicted molar refractivity (Wildman–Crippen MR) is 71.4 cm³/mol. The van der Waals surface area contributed by atoms with Crippen molar-refractivity contribution in [3.05, 3.63) is 12.2 Å². The summed E-state index contributed by atoms with van der Waals surface area (Å²) < 4.78 is 1.97. The summed E-state index contributed by atoms with van der Waals surface area (Å²) in [6.45, 7) is 8.95. The molecule has 1 aromatic rings. The van der Waals surface area contributed by atoms with E-state index in [9.17, 15) is 0 Å². The molecule has 2 rings (SSSR count). The molecule has 0 aromatic carbocycles. The summed E-state index contributed by atoms with van der Waals surface area (Å²) >= 11 is 0. The fourth-order valence-electron chi connectivity index (χ4n) is 2.29. The summed E-state index contributed by atoms with van der Waals surface area (Å²) in [5.74, 6) is 0.994. The monoisotopic (exact) mass is 252 g/mol. The molecule has 0 saturated carbocycles. The zero-order chi connectivity index (χ0) is 13.0. The van der Waals surface area contributed by atoms with Crippen LogP contribution in [0.1, 0.15) is 18.8 Å². The van der Waals surface area contributed by atoms with Crippen molar-refractivity contribution in [3.8, 4) is 0 Å². The third kappa shape index (κ3) is 3.51. The maximum absolute atomic E-state index is 4.12. The number of piperazine rings is 1. The molecule has 1 unspecified atom stereocenters. The molecule has 0 bridgehead atoms. The van der Waals surface area contributed by atoms with E-state index < -0.39 is 0 Å². The third-order valence-electron chi connectivity index (χ3n) is 3.61. The van der Waals surface area contributed by atoms with Gasteiger partial charge in [-0.3, -0.25) is 4.90 Å². The maximum atomic E-state index is 4.12. The molecule has 6 nitrogen and oxygen atoms in total. The van der Waals surface area contributed by atoms with Crippen molar-refractivity contribution in [1.82, 2.24) is 29.9 Å². The van der Waals surface area contributed by atoms with Crippen molar-refractivity contribution in [2.45, 2.75) is 13.0 Å². The SMILES string of the molecule is CC(NCCN1CCN(C)CC1)c1nncn1C. The van der Waals surface area contributed by atoms with Crippen molar-refractivity contribution in [1.29, 1.82) is 0 Å². The summed E-state index contributed by atoms with van der Waals surface area (Å²) in [5.41, 5.74) is 0. The second kappa shape index (κ2) is 6.26. The van der Waals surface area contributed by atoms with Crippen molar-refractivity contribution >= 4 is 0 Å². The first-order valence-electron chi connectivity index (χ1n) is 6.65. The maximum Gasteiger partial charge on any atom is 0.149 e. The molecule has 18 heavy (non-hydrogen) atoms. The van der Waals surface area contributed by atoms with Gasteiger partial charge in [-0.2, -0.15) is 0 Å². The summed E-state index contributed by atoms with van der Waals surface area (Å²) in [5, 5.41) is 11.5. The number of likely N-dealkylation sites (N-methyl/N-ethyl adjacent to an activating group) is 1. The molecule has 0 aliphatic carbocycles. The second-order valence-corrected chi connectivity index (χ2v) is 5.12. The minimum atomic E-state index is 0.255. The van der Waals surface area contributed by atoms with Gasteiger partial charge in [0.1, 0.15) is 12.2 Å². The van der Waals surface area contributed by atoms with Gasteiger partial charge in [-0.1, -0.05) is 0 Å². The summed E-state index contributed by atoms with van der Waals surface area (Å²) in [4.78, 5) is 4.89. The molecule has 102 valence electrons. The van der Waals surface area contributed by atoms with E-state index >= 15 is 0 Å². The largest absolute Gasteiger partial charge is 0.319 e. The van der Waals surface area contributed by atoms with Gasteiger partial charge < -0.3 is 14.8 Å². The normalized spacial score (nSPS) is 20.2. The summed E-state index contributed by atoms with van der Waals surface area (Å²) in [7, 11) is 4.17. The Morgan fingerprint density at radius 2 is 2.00 bits per heavy atom. The van der Waals surface area contributed by atoms with Crippen LogP contribution < -0.4 is 5.32 Å². The van der Waals surface area contributed by atoms with Gasteiger partial charge in [0.2, 0.25) is 0 Å². The first-order chi connectivity index (χ1) is 8.66. The molecular formula is C12H24N6. The van der Waals surface area contributed by atoms with Gasteiger partial charge in [-0.05, 0) is 14.0 Å². The Labute approximate surface area is 109 Å². The minimum absolute atomic E-state index is 0.255. The van der Waals surface area contributed by atoms with E-state index in [0.717, 1.165) is 18.9 Å². The average molecular weight is 252 g/mol. The molecule has 1 N–H and O–H groups in total. The van der Waals surface area contributed by atoms with E-state index in [0.29, 0.717) is 0 Å². The standard InChI is InChI=1S/C12H24N6/c1-11(12-15-14-10-17(12)3)13-4-5-18-8-6-16(2)7-9-18/h10-11,13H,4-9H2,1-3H3. The Kier molecular flexibility index (Phi) is 4.68. The van der Waals surface area contributed by atoms with Crippen LogP contribution in [0.15, 0.2) is 6.33 Å². The van der Waals surface area contributed by atoms with Crippen LogP contribution in [0.25, 0.3) is 0 Å². The van der Waals surface area contributed by atoms with Gasteiger partial charge in [-0.25, -0.2) is 0 Å². The van der Waals surface area contributed by atoms with E-state index in [4.69, 9.17) is 0 Å². The number of rotatable bonds is 5. The van der Waals surface area contributed by atoms with Gasteiger partial charge >= 0.3 is 0 Å². The molecule has 0 radical (unpaired) electrons. The Hall–Kier alpha value is -0.980. The topological polar surface area (TPSA) is 49.2 Å². The Morgan fingerprint density at radius 1 is 1.28 bits per heavy atom. The van der Waals surface area contributed by atoms with Crippen LogP contribution in [0.5, 0.6) is 0 Å². The number of aromatic nitrogens is 3. The highest BCUT2D eigenvalue weighted by Gasteiger charge is 2.14. The minimum Gasteiger partial charge on any atom is -0.319 e. The highest BCUT2D eigenvalue weighted by atomic mass is 15.3. The van der Waals surface area contributed by atoms with Crippen LogP contribution in [0.4, 0.5) is 0 Å². The van der Waals surface area contributed by atoms with Gasteiger partial charge in [0.25, 0.3) is 0 Å². The number of hydrogen-bond donors (Lipinski definition) is 1. The molecule has 1 aliphatic heterocycles. The van der Waals surface area contributed by atoms with Crippen LogP contribution in [-0.4, -0.2) is 70.9 Å². The van der Waals surface area contributed by atoms with Crippen molar-refractivity contribution in [2.75, 3.05) is 46.3 Å². The first kappa shape index (κ1) is 13.5. The summed E-state index contributed by atoms with van der Waals surface area (Å²) in [6, 6.07) is 0.255. The molecule has 1 aliphatic rings. The van der Waals surface area contributed by atoms with Gasteiger partial charge in [-0.15, -0.1) is 10.2 Å². The van der Waals surface area contributed by atoms with Crippen LogP contribution in [0, 0.1) is 0 Å². The molecule has 6 heteroatoms. The smallest absolute Gasteiger partial charge is 0.149 e. The van der Waals surface area contributed by atoms with Crippen LogP contribution in [0.3, 0.4) is 0 Å². The number of aryl methyl sites for hydroxylation is 1. The van der Waals surface area contributed by atoms with E-state index in [-0.39, 0.29) is 6.04 Å². The summed E-state index contributed by atoms with van der Waals surface area (Å²) in [6.07, 6.45) is 1.74. The fourth-order valence-corrected chi connectivity index (χ4v) is 2.29. The lowest BCUT2D eigenvalue weighted by Gasteiger charge is -2.32. The molecular weight excluding hydrogens is 228 g/mol. The van der Waals surface area contributed by atoms with Crippen LogP contribution >= 0.6 is 0 Å². The number of nitrogens with one attached hydrogen (secondary N) is 1. The number of nitrogens with zero attached hydrogens (tertiary/aromatic N) is 5. The first-order valence-corrected chi connectivity index (χ1v) is 6.65. The van der Waals surface area contributed by atoms with Crippen molar-refractivity contribution in [2.24, 2.45) is 7.05 Å². The zero-order valence-corrected chi connectivity index (χ0v) is 11.6. The predicted octanol–water partition coefficient (Wildman–Crippen LogP) is -0.287. The Morgan fingerprint density at radius 3 is 2.61 bits per heavy atom. The lowest BCUT2D eigenvalue weighted by Crippen LogP contribution is -2.46. The van der Waals surface area contributed by atoms with Gasteiger partial charge in [0, 0.05) is 46.3 Å². The van der Waals surface area contributed by atoms with Gasteiger partial charge in [0.05, 0.1) is 6.04 Å². The lowest BCUT2D eigenvalue weighted by molar-refractivity contribution is 0.153. The number of hydrogen-bond acceptors (Lipinski definition) is 5. The molecule has 0 spiro atoms. The molecule has 2 heterocycles. The second-order valence-electron chi connectivity index (χ2n) is 5.12. The highest BCUT2D eigenvalue weighted by Crippen LogP contribution is 2.06. The van der Waals surface area contributed by atoms with Crippen LogP contribution in [0.2, 0.25) is 0 Å². The van der Waals surface area contributed by atoms with E-state index in [2.05, 4.69) is 39.3 Å². The zero-order valence-electron chi connectivity index (χ0n) is 11.6. The Balaban J connectivity index is 1.68. The molecule has 1 atom stereocenters. The molecule has 1 fully saturated rings. The van der Waals surface area contributed by atoms with Crippen molar-refractivity contribution in [3.63, 3.8) is 0 Å². The van der Waals surface area contributed by atoms with E-state index in [1.54, 1.807) is 6.33 Å². The molecule has 1 aromatic heterocycles. The van der Waals surface area contributed by atoms with E-state index in [1.807, 2.05) is 11.6 Å². The average Bonchev–Trinajstić information content (AvgIpc) is 2.78. The third-order valence-corrected chi connectivity index (χ3v) is 3.61. The quantitative estimate of drug-likeness (QED) is 0.780. The highest BCUT2D eigenvalue weighted by molar-refractivity contribution is 4.91. The fraction of sp³-hybridized carbons (Fsp3) is 0.833. The lowest BCUT2D eigenvalue weighted by atomic mass is 10.3. The van der Waals surface area contributed by atoms with E-state index in [1.165, 1.54) is 26.2 Å². The Bertz CT molecular complexity index is 355.